The van der Waals surface area contributed by atoms with Gasteiger partial charge in [-0.15, -0.1) is 0 Å². The summed E-state index contributed by atoms with van der Waals surface area (Å²) in [7, 11) is 2.23. The second kappa shape index (κ2) is 4.98. The largest absolute Gasteiger partial charge is 0.314 e. The molecule has 0 radical (unpaired) electrons. The fourth-order valence-electron chi connectivity index (χ4n) is 2.38. The third kappa shape index (κ3) is 2.45. The molecule has 2 nitrogen and oxygen atoms in total. The average Bonchev–Trinajstić information content (AvgIpc) is 2.28. The Hall–Kier alpha value is -0.860. The van der Waals surface area contributed by atoms with Gasteiger partial charge in [-0.05, 0) is 44.0 Å². The Labute approximate surface area is 98.7 Å². The van der Waals surface area contributed by atoms with Crippen molar-refractivity contribution in [3.05, 3.63) is 34.9 Å². The summed E-state index contributed by atoms with van der Waals surface area (Å²) in [6.45, 7) is 7.84. The summed E-state index contributed by atoms with van der Waals surface area (Å²) in [5.41, 5.74) is 4.37. The molecule has 88 valence electrons. The average molecular weight is 218 g/mol. The third-order valence-corrected chi connectivity index (χ3v) is 3.82. The van der Waals surface area contributed by atoms with Crippen molar-refractivity contribution in [3.63, 3.8) is 0 Å². The normalized spacial score (nSPS) is 22.3. The first-order valence-electron chi connectivity index (χ1n) is 6.14. The molecule has 0 aromatic heterocycles. The molecule has 0 bridgehead atoms. The molecule has 1 heterocycles. The van der Waals surface area contributed by atoms with Crippen molar-refractivity contribution in [1.29, 1.82) is 0 Å². The molecule has 1 aromatic rings. The van der Waals surface area contributed by atoms with Crippen LogP contribution in [-0.4, -0.2) is 37.6 Å². The highest BCUT2D eigenvalue weighted by molar-refractivity contribution is 5.33. The fourth-order valence-corrected chi connectivity index (χ4v) is 2.38. The first-order chi connectivity index (χ1) is 7.68. The first kappa shape index (κ1) is 11.6. The van der Waals surface area contributed by atoms with Crippen LogP contribution < -0.4 is 5.32 Å². The summed E-state index contributed by atoms with van der Waals surface area (Å²) >= 11 is 0. The monoisotopic (exact) mass is 218 g/mol. The van der Waals surface area contributed by atoms with Crippen molar-refractivity contribution in [3.8, 4) is 0 Å². The zero-order valence-electron chi connectivity index (χ0n) is 10.6. The Bertz CT molecular complexity index is 360. The molecule has 1 N–H and O–H groups in total. The first-order valence-corrected chi connectivity index (χ1v) is 6.14. The summed E-state index contributed by atoms with van der Waals surface area (Å²) in [5, 5.41) is 3.48. The minimum absolute atomic E-state index is 0.647. The molecule has 1 atom stereocenters. The maximum absolute atomic E-state index is 3.48. The van der Waals surface area contributed by atoms with Crippen LogP contribution in [0.1, 0.15) is 16.7 Å². The lowest BCUT2D eigenvalue weighted by atomic mass is 9.96. The number of rotatable bonds is 2. The standard InChI is InChI=1S/C14H22N2/c1-11-5-4-6-13(12(11)2)9-14-10-15-7-8-16(14)3/h4-6,14-15H,7-10H2,1-3H3. The van der Waals surface area contributed by atoms with Gasteiger partial charge < -0.3 is 10.2 Å². The van der Waals surface area contributed by atoms with Gasteiger partial charge in [-0.25, -0.2) is 0 Å². The number of benzene rings is 1. The zero-order chi connectivity index (χ0) is 11.5. The van der Waals surface area contributed by atoms with Gasteiger partial charge in [-0.3, -0.25) is 0 Å². The highest BCUT2D eigenvalue weighted by atomic mass is 15.2. The van der Waals surface area contributed by atoms with Gasteiger partial charge in [0, 0.05) is 25.7 Å². The molecule has 2 rings (SSSR count). The quantitative estimate of drug-likeness (QED) is 0.813. The molecule has 0 spiro atoms. The topological polar surface area (TPSA) is 15.3 Å². The summed E-state index contributed by atoms with van der Waals surface area (Å²) in [6.07, 6.45) is 1.16. The SMILES string of the molecule is Cc1cccc(CC2CNCCN2C)c1C. The van der Waals surface area contributed by atoms with Crippen molar-refractivity contribution in [2.24, 2.45) is 0 Å². The molecule has 0 amide bonds. The number of likely N-dealkylation sites (N-methyl/N-ethyl adjacent to an activating group) is 1. The molecule has 1 aromatic carbocycles. The molecule has 1 fully saturated rings. The van der Waals surface area contributed by atoms with Crippen LogP contribution in [0.4, 0.5) is 0 Å². The molecule has 1 aliphatic rings. The van der Waals surface area contributed by atoms with E-state index in [-0.39, 0.29) is 0 Å². The third-order valence-electron chi connectivity index (χ3n) is 3.82. The van der Waals surface area contributed by atoms with Crippen LogP contribution >= 0.6 is 0 Å². The van der Waals surface area contributed by atoms with Crippen LogP contribution in [0.15, 0.2) is 18.2 Å². The predicted molar refractivity (Wildman–Crippen MR) is 68.9 cm³/mol. The van der Waals surface area contributed by atoms with Gasteiger partial charge in [0.2, 0.25) is 0 Å². The van der Waals surface area contributed by atoms with E-state index in [0.29, 0.717) is 6.04 Å². The van der Waals surface area contributed by atoms with E-state index in [9.17, 15) is 0 Å². The van der Waals surface area contributed by atoms with Crippen LogP contribution in [0.2, 0.25) is 0 Å². The zero-order valence-corrected chi connectivity index (χ0v) is 10.6. The van der Waals surface area contributed by atoms with E-state index in [1.165, 1.54) is 16.7 Å². The van der Waals surface area contributed by atoms with Crippen molar-refractivity contribution < 1.29 is 0 Å². The van der Waals surface area contributed by atoms with E-state index in [1.807, 2.05) is 0 Å². The van der Waals surface area contributed by atoms with Crippen LogP contribution in [0.3, 0.4) is 0 Å². The van der Waals surface area contributed by atoms with Gasteiger partial charge in [0.25, 0.3) is 0 Å². The van der Waals surface area contributed by atoms with E-state index >= 15 is 0 Å². The molecule has 1 aliphatic heterocycles. The fraction of sp³-hybridized carbons (Fsp3) is 0.571. The van der Waals surface area contributed by atoms with Crippen LogP contribution in [0.5, 0.6) is 0 Å². The van der Waals surface area contributed by atoms with E-state index < -0.39 is 0 Å². The van der Waals surface area contributed by atoms with Crippen molar-refractivity contribution in [2.45, 2.75) is 26.3 Å². The molecular weight excluding hydrogens is 196 g/mol. The number of hydrogen-bond acceptors (Lipinski definition) is 2. The van der Waals surface area contributed by atoms with Gasteiger partial charge >= 0.3 is 0 Å². The summed E-state index contributed by atoms with van der Waals surface area (Å²) in [4.78, 5) is 2.47. The second-order valence-electron chi connectivity index (χ2n) is 4.90. The lowest BCUT2D eigenvalue weighted by Gasteiger charge is -2.33. The number of nitrogens with zero attached hydrogens (tertiary/aromatic N) is 1. The Morgan fingerprint density at radius 2 is 2.19 bits per heavy atom. The molecule has 0 saturated carbocycles. The summed E-state index contributed by atoms with van der Waals surface area (Å²) < 4.78 is 0. The van der Waals surface area contributed by atoms with Gasteiger partial charge in [0.15, 0.2) is 0 Å². The maximum atomic E-state index is 3.48. The van der Waals surface area contributed by atoms with Gasteiger partial charge in [0.1, 0.15) is 0 Å². The molecule has 2 heteroatoms. The summed E-state index contributed by atoms with van der Waals surface area (Å²) in [5.74, 6) is 0. The second-order valence-corrected chi connectivity index (χ2v) is 4.90. The number of hydrogen-bond donors (Lipinski definition) is 1. The van der Waals surface area contributed by atoms with E-state index in [0.717, 1.165) is 26.1 Å². The van der Waals surface area contributed by atoms with E-state index in [4.69, 9.17) is 0 Å². The maximum Gasteiger partial charge on any atom is 0.0258 e. The smallest absolute Gasteiger partial charge is 0.0258 e. The van der Waals surface area contributed by atoms with Crippen molar-refractivity contribution >= 4 is 0 Å². The Morgan fingerprint density at radius 3 is 2.94 bits per heavy atom. The highest BCUT2D eigenvalue weighted by Gasteiger charge is 2.19. The van der Waals surface area contributed by atoms with Crippen LogP contribution in [0, 0.1) is 13.8 Å². The van der Waals surface area contributed by atoms with E-state index in [1.54, 1.807) is 0 Å². The molecule has 1 unspecified atom stereocenters. The Balaban J connectivity index is 2.10. The van der Waals surface area contributed by atoms with Crippen molar-refractivity contribution in [2.75, 3.05) is 26.7 Å². The summed E-state index contributed by atoms with van der Waals surface area (Å²) in [6, 6.07) is 7.29. The highest BCUT2D eigenvalue weighted by Crippen LogP contribution is 2.16. The molecule has 16 heavy (non-hydrogen) atoms. The van der Waals surface area contributed by atoms with Gasteiger partial charge in [-0.2, -0.15) is 0 Å². The number of nitrogens with one attached hydrogen (secondary N) is 1. The number of aryl methyl sites for hydroxylation is 1. The van der Waals surface area contributed by atoms with Crippen molar-refractivity contribution in [1.82, 2.24) is 10.2 Å². The van der Waals surface area contributed by atoms with Gasteiger partial charge in [-0.1, -0.05) is 18.2 Å². The van der Waals surface area contributed by atoms with Crippen LogP contribution in [0.25, 0.3) is 0 Å². The van der Waals surface area contributed by atoms with E-state index in [2.05, 4.69) is 49.3 Å². The minimum Gasteiger partial charge on any atom is -0.314 e. The Morgan fingerprint density at radius 1 is 1.38 bits per heavy atom. The Kier molecular flexibility index (Phi) is 3.62. The number of piperazine rings is 1. The molecule has 0 aliphatic carbocycles. The van der Waals surface area contributed by atoms with Gasteiger partial charge in [0.05, 0.1) is 0 Å². The predicted octanol–water partition coefficient (Wildman–Crippen LogP) is 1.75. The molecule has 1 saturated heterocycles. The molecular formula is C14H22N2. The minimum atomic E-state index is 0.647. The van der Waals surface area contributed by atoms with Crippen LogP contribution in [-0.2, 0) is 6.42 Å². The lowest BCUT2D eigenvalue weighted by Crippen LogP contribution is -2.50. The lowest BCUT2D eigenvalue weighted by molar-refractivity contribution is 0.199.